The molecule has 0 N–H and O–H groups in total. The molecule has 1 aliphatic rings. The molecule has 150 valence electrons. The summed E-state index contributed by atoms with van der Waals surface area (Å²) >= 11 is 0. The first-order valence-electron chi connectivity index (χ1n) is 9.77. The molecular formula is C24H26ClN4-. The molecule has 0 aliphatic carbocycles. The van der Waals surface area contributed by atoms with Crippen molar-refractivity contribution in [3.8, 4) is 0 Å². The van der Waals surface area contributed by atoms with E-state index in [9.17, 15) is 0 Å². The molecule has 1 aliphatic heterocycles. The number of hydrogen-bond acceptors (Lipinski definition) is 4. The number of piperazine rings is 1. The van der Waals surface area contributed by atoms with Crippen LogP contribution in [0.25, 0.3) is 0 Å². The summed E-state index contributed by atoms with van der Waals surface area (Å²) in [4.78, 5) is 4.60. The zero-order chi connectivity index (χ0) is 19.2. The third kappa shape index (κ3) is 5.37. The molecule has 1 saturated heterocycles. The van der Waals surface area contributed by atoms with Crippen LogP contribution < -0.4 is 17.3 Å². The topological polar surface area (TPSA) is 22.1 Å². The van der Waals surface area contributed by atoms with Gasteiger partial charge in [-0.05, 0) is 49.0 Å². The van der Waals surface area contributed by atoms with Crippen molar-refractivity contribution in [1.82, 2.24) is 9.91 Å². The van der Waals surface area contributed by atoms with Crippen LogP contribution in [0.5, 0.6) is 0 Å². The van der Waals surface area contributed by atoms with E-state index in [0.717, 1.165) is 48.8 Å². The minimum atomic E-state index is 0. The van der Waals surface area contributed by atoms with Gasteiger partial charge >= 0.3 is 0 Å². The van der Waals surface area contributed by atoms with Crippen molar-refractivity contribution in [1.29, 1.82) is 0 Å². The van der Waals surface area contributed by atoms with Crippen LogP contribution in [0.4, 0.5) is 17.1 Å². The summed E-state index contributed by atoms with van der Waals surface area (Å²) in [5, 5.41) is 6.79. The number of rotatable bonds is 5. The summed E-state index contributed by atoms with van der Waals surface area (Å²) < 4.78 is 0. The molecular weight excluding hydrogens is 380 g/mol. The smallest absolute Gasteiger partial charge is 0.0542 e. The van der Waals surface area contributed by atoms with Crippen LogP contribution >= 0.6 is 0 Å². The molecule has 29 heavy (non-hydrogen) atoms. The zero-order valence-electron chi connectivity index (χ0n) is 16.7. The van der Waals surface area contributed by atoms with Crippen molar-refractivity contribution in [2.24, 2.45) is 5.10 Å². The number of halogens is 1. The van der Waals surface area contributed by atoms with E-state index in [0.29, 0.717) is 0 Å². The summed E-state index contributed by atoms with van der Waals surface area (Å²) in [7, 11) is 2.16. The molecule has 3 aromatic carbocycles. The number of benzene rings is 3. The number of nitrogens with zero attached hydrogens (tertiary/aromatic N) is 4. The molecule has 1 heterocycles. The second kappa shape index (κ2) is 10.1. The van der Waals surface area contributed by atoms with Gasteiger partial charge in [-0.25, -0.2) is 0 Å². The lowest BCUT2D eigenvalue weighted by Gasteiger charge is -2.30. The molecule has 4 rings (SSSR count). The Morgan fingerprint density at radius 1 is 0.690 bits per heavy atom. The first-order chi connectivity index (χ1) is 13.8. The van der Waals surface area contributed by atoms with E-state index in [1.165, 1.54) is 0 Å². The maximum Gasteiger partial charge on any atom is 0.0542 e. The van der Waals surface area contributed by atoms with Crippen LogP contribution in [0.2, 0.25) is 0 Å². The van der Waals surface area contributed by atoms with Gasteiger partial charge in [0.25, 0.3) is 0 Å². The first kappa shape index (κ1) is 20.9. The highest BCUT2D eigenvalue weighted by Gasteiger charge is 2.12. The number of hydrazone groups is 1. The predicted octanol–water partition coefficient (Wildman–Crippen LogP) is 1.74. The van der Waals surface area contributed by atoms with Crippen molar-refractivity contribution < 1.29 is 12.4 Å². The Balaban J connectivity index is 0.00000240. The normalized spacial score (nSPS) is 14.6. The zero-order valence-corrected chi connectivity index (χ0v) is 17.4. The van der Waals surface area contributed by atoms with Crippen molar-refractivity contribution in [3.63, 3.8) is 0 Å². The van der Waals surface area contributed by atoms with E-state index in [1.54, 1.807) is 0 Å². The molecule has 0 radical (unpaired) electrons. The van der Waals surface area contributed by atoms with Crippen LogP contribution in [0.1, 0.15) is 5.56 Å². The van der Waals surface area contributed by atoms with Gasteiger partial charge in [0.2, 0.25) is 0 Å². The van der Waals surface area contributed by atoms with Crippen molar-refractivity contribution >= 4 is 23.3 Å². The van der Waals surface area contributed by atoms with Gasteiger partial charge in [0.1, 0.15) is 0 Å². The Bertz CT molecular complexity index is 850. The van der Waals surface area contributed by atoms with Gasteiger partial charge in [0.15, 0.2) is 0 Å². The van der Waals surface area contributed by atoms with E-state index in [4.69, 9.17) is 0 Å². The van der Waals surface area contributed by atoms with Gasteiger partial charge < -0.3 is 22.2 Å². The van der Waals surface area contributed by atoms with Gasteiger partial charge in [-0.1, -0.05) is 48.5 Å². The highest BCUT2D eigenvalue weighted by Crippen LogP contribution is 2.33. The second-order valence-electron chi connectivity index (χ2n) is 7.10. The summed E-state index contributed by atoms with van der Waals surface area (Å²) in [6, 6.07) is 29.5. The molecule has 0 saturated carbocycles. The van der Waals surface area contributed by atoms with E-state index in [1.807, 2.05) is 18.3 Å². The lowest BCUT2D eigenvalue weighted by molar-refractivity contribution is -0.00000556. The molecule has 0 amide bonds. The van der Waals surface area contributed by atoms with Gasteiger partial charge in [-0.2, -0.15) is 5.10 Å². The Morgan fingerprint density at radius 3 is 1.69 bits per heavy atom. The predicted molar refractivity (Wildman–Crippen MR) is 118 cm³/mol. The van der Waals surface area contributed by atoms with Gasteiger partial charge in [-0.15, -0.1) is 0 Å². The molecule has 0 unspecified atom stereocenters. The fourth-order valence-electron chi connectivity index (χ4n) is 3.37. The number of likely N-dealkylation sites (N-methyl/N-ethyl adjacent to an activating group) is 1. The fraction of sp³-hybridized carbons (Fsp3) is 0.208. The largest absolute Gasteiger partial charge is 1.00 e. The average molecular weight is 406 g/mol. The molecule has 1 fully saturated rings. The summed E-state index contributed by atoms with van der Waals surface area (Å²) in [5.41, 5.74) is 4.54. The summed E-state index contributed by atoms with van der Waals surface area (Å²) in [5.74, 6) is 0. The van der Waals surface area contributed by atoms with Gasteiger partial charge in [0, 0.05) is 43.2 Å². The molecule has 0 spiro atoms. The Hall–Kier alpha value is -2.82. The Kier molecular flexibility index (Phi) is 7.28. The second-order valence-corrected chi connectivity index (χ2v) is 7.10. The van der Waals surface area contributed by atoms with Crippen LogP contribution in [-0.2, 0) is 0 Å². The third-order valence-corrected chi connectivity index (χ3v) is 5.03. The van der Waals surface area contributed by atoms with Crippen LogP contribution in [0.15, 0.2) is 90.0 Å². The molecule has 5 heteroatoms. The Morgan fingerprint density at radius 2 is 1.17 bits per heavy atom. The van der Waals surface area contributed by atoms with Crippen LogP contribution in [0.3, 0.4) is 0 Å². The van der Waals surface area contributed by atoms with E-state index in [2.05, 4.69) is 99.8 Å². The number of hydrogen-bond donors (Lipinski definition) is 0. The van der Waals surface area contributed by atoms with E-state index < -0.39 is 0 Å². The van der Waals surface area contributed by atoms with Crippen molar-refractivity contribution in [2.75, 3.05) is 38.1 Å². The molecule has 0 atom stereocenters. The number of para-hydroxylation sites is 2. The van der Waals surface area contributed by atoms with E-state index >= 15 is 0 Å². The van der Waals surface area contributed by atoms with Crippen molar-refractivity contribution in [3.05, 3.63) is 90.5 Å². The maximum atomic E-state index is 4.65. The fourth-order valence-corrected chi connectivity index (χ4v) is 3.37. The monoisotopic (exact) mass is 405 g/mol. The quantitative estimate of drug-likeness (QED) is 0.604. The highest BCUT2D eigenvalue weighted by atomic mass is 35.5. The van der Waals surface area contributed by atoms with Crippen molar-refractivity contribution in [2.45, 2.75) is 0 Å². The molecule has 4 nitrogen and oxygen atoms in total. The molecule has 0 bridgehead atoms. The van der Waals surface area contributed by atoms with E-state index in [-0.39, 0.29) is 12.4 Å². The van der Waals surface area contributed by atoms with Gasteiger partial charge in [-0.3, -0.25) is 5.01 Å². The highest BCUT2D eigenvalue weighted by molar-refractivity contribution is 5.82. The lowest BCUT2D eigenvalue weighted by Crippen LogP contribution is -3.00. The first-order valence-corrected chi connectivity index (χ1v) is 9.77. The molecule has 0 aromatic heterocycles. The summed E-state index contributed by atoms with van der Waals surface area (Å²) in [6.07, 6.45) is 1.96. The maximum absolute atomic E-state index is 4.65. The number of anilines is 3. The van der Waals surface area contributed by atoms with Crippen LogP contribution in [-0.4, -0.2) is 49.4 Å². The average Bonchev–Trinajstić information content (AvgIpc) is 2.76. The minimum absolute atomic E-state index is 0. The SMILES string of the molecule is CN1CCN(N=Cc2ccc(N(c3ccccc3)c3ccccc3)cc2)CC1.[Cl-]. The summed E-state index contributed by atoms with van der Waals surface area (Å²) in [6.45, 7) is 4.11. The standard InChI is InChI=1S/C24H26N4.ClH/c1-26-16-18-27(19-17-26)25-20-21-12-14-24(15-13-21)28(22-8-4-2-5-9-22)23-10-6-3-7-11-23;/h2-15,20H,16-19H2,1H3;1H/p-1. The third-order valence-electron chi connectivity index (χ3n) is 5.03. The van der Waals surface area contributed by atoms with Crippen LogP contribution in [0, 0.1) is 0 Å². The minimum Gasteiger partial charge on any atom is -1.00 e. The molecule has 3 aromatic rings. The van der Waals surface area contributed by atoms with Gasteiger partial charge in [0.05, 0.1) is 6.21 Å². The lowest BCUT2D eigenvalue weighted by atomic mass is 10.1. The Labute approximate surface area is 179 Å².